The van der Waals surface area contributed by atoms with Crippen LogP contribution in [0.2, 0.25) is 0 Å². The number of aryl methyl sites for hydroxylation is 1. The average Bonchev–Trinajstić information content (AvgIpc) is 2.92. The van der Waals surface area contributed by atoms with Crippen molar-refractivity contribution in [3.8, 4) is 5.75 Å². The van der Waals surface area contributed by atoms with Crippen molar-refractivity contribution in [3.63, 3.8) is 0 Å². The second-order valence-electron chi connectivity index (χ2n) is 3.86. The van der Waals surface area contributed by atoms with Gasteiger partial charge in [-0.15, -0.1) is 0 Å². The van der Waals surface area contributed by atoms with E-state index < -0.39 is 0 Å². The summed E-state index contributed by atoms with van der Waals surface area (Å²) in [6.45, 7) is 3.49. The lowest BCUT2D eigenvalue weighted by Gasteiger charge is -2.06. The van der Waals surface area contributed by atoms with Crippen LogP contribution in [0.5, 0.6) is 5.75 Å². The Labute approximate surface area is 87.2 Å². The van der Waals surface area contributed by atoms with E-state index in [1.54, 1.807) is 6.20 Å². The first-order chi connectivity index (χ1) is 7.33. The van der Waals surface area contributed by atoms with Crippen LogP contribution in [0.3, 0.4) is 0 Å². The molecule has 2 heterocycles. The van der Waals surface area contributed by atoms with Crippen LogP contribution < -0.4 is 4.74 Å². The number of hydrogen-bond acceptors (Lipinski definition) is 3. The zero-order chi connectivity index (χ0) is 10.3. The molecule has 0 radical (unpaired) electrons. The Morgan fingerprint density at radius 3 is 3.27 bits per heavy atom. The Morgan fingerprint density at radius 2 is 2.47 bits per heavy atom. The molecule has 1 fully saturated rings. The second kappa shape index (κ2) is 3.24. The first-order valence-corrected chi connectivity index (χ1v) is 5.01. The van der Waals surface area contributed by atoms with Crippen molar-refractivity contribution in [3.05, 3.63) is 23.9 Å². The molecule has 0 amide bonds. The molecule has 0 bridgehead atoms. The fourth-order valence-electron chi connectivity index (χ4n) is 1.62. The third-order valence-electron chi connectivity index (χ3n) is 2.49. The van der Waals surface area contributed by atoms with E-state index in [0.717, 1.165) is 23.3 Å². The van der Waals surface area contributed by atoms with Crippen LogP contribution in [0.4, 0.5) is 0 Å². The minimum atomic E-state index is 0.285. The van der Waals surface area contributed by atoms with Gasteiger partial charge < -0.3 is 9.47 Å². The van der Waals surface area contributed by atoms with Gasteiger partial charge in [0.15, 0.2) is 0 Å². The molecule has 1 aliphatic rings. The van der Waals surface area contributed by atoms with Crippen molar-refractivity contribution in [2.45, 2.75) is 13.0 Å². The number of fused-ring (bicyclic) bond motifs is 1. The Balaban J connectivity index is 1.95. The molecule has 0 spiro atoms. The van der Waals surface area contributed by atoms with Crippen molar-refractivity contribution < 1.29 is 9.47 Å². The lowest BCUT2D eigenvalue weighted by Crippen LogP contribution is -2.04. The lowest BCUT2D eigenvalue weighted by atomic mass is 10.2. The van der Waals surface area contributed by atoms with Crippen molar-refractivity contribution in [1.82, 2.24) is 10.2 Å². The van der Waals surface area contributed by atoms with Crippen molar-refractivity contribution >= 4 is 10.9 Å². The molecule has 3 rings (SSSR count). The first-order valence-electron chi connectivity index (χ1n) is 5.01. The second-order valence-corrected chi connectivity index (χ2v) is 3.86. The fourth-order valence-corrected chi connectivity index (χ4v) is 1.62. The van der Waals surface area contributed by atoms with Crippen LogP contribution in [0, 0.1) is 6.92 Å². The maximum Gasteiger partial charge on any atom is 0.130 e. The maximum absolute atomic E-state index is 5.70. The van der Waals surface area contributed by atoms with E-state index in [1.807, 2.05) is 13.0 Å². The van der Waals surface area contributed by atoms with Gasteiger partial charge in [-0.3, -0.25) is 5.10 Å². The smallest absolute Gasteiger partial charge is 0.130 e. The lowest BCUT2D eigenvalue weighted by molar-refractivity contribution is 0.265. The number of rotatable bonds is 3. The zero-order valence-corrected chi connectivity index (χ0v) is 8.49. The first kappa shape index (κ1) is 8.73. The van der Waals surface area contributed by atoms with Crippen LogP contribution in [0.15, 0.2) is 18.3 Å². The Bertz CT molecular complexity index is 488. The van der Waals surface area contributed by atoms with Gasteiger partial charge in [0.2, 0.25) is 0 Å². The summed E-state index contributed by atoms with van der Waals surface area (Å²) < 4.78 is 10.8. The summed E-state index contributed by atoms with van der Waals surface area (Å²) in [6.07, 6.45) is 2.07. The quantitative estimate of drug-likeness (QED) is 0.773. The Kier molecular flexibility index (Phi) is 1.89. The van der Waals surface area contributed by atoms with E-state index in [2.05, 4.69) is 16.3 Å². The minimum Gasteiger partial charge on any atom is -0.490 e. The molecule has 0 saturated carbocycles. The summed E-state index contributed by atoms with van der Waals surface area (Å²) in [5, 5.41) is 7.98. The summed E-state index contributed by atoms with van der Waals surface area (Å²) in [5.41, 5.74) is 2.18. The van der Waals surface area contributed by atoms with Gasteiger partial charge in [-0.25, -0.2) is 0 Å². The maximum atomic E-state index is 5.70. The Morgan fingerprint density at radius 1 is 1.60 bits per heavy atom. The number of epoxide rings is 1. The summed E-state index contributed by atoms with van der Waals surface area (Å²) in [5.74, 6) is 0.884. The Hall–Kier alpha value is -1.55. The third-order valence-corrected chi connectivity index (χ3v) is 2.49. The highest BCUT2D eigenvalue weighted by Crippen LogP contribution is 2.26. The molecule has 4 heteroatoms. The van der Waals surface area contributed by atoms with Crippen LogP contribution >= 0.6 is 0 Å². The predicted octanol–water partition coefficient (Wildman–Crippen LogP) is 1.65. The van der Waals surface area contributed by atoms with Gasteiger partial charge in [-0.2, -0.15) is 5.10 Å². The van der Waals surface area contributed by atoms with E-state index in [-0.39, 0.29) is 6.10 Å². The van der Waals surface area contributed by atoms with Gasteiger partial charge in [-0.1, -0.05) is 0 Å². The molecule has 1 saturated heterocycles. The van der Waals surface area contributed by atoms with Crippen LogP contribution in [-0.4, -0.2) is 29.5 Å². The summed E-state index contributed by atoms with van der Waals surface area (Å²) in [6, 6.07) is 4.09. The van der Waals surface area contributed by atoms with Crippen LogP contribution in [0.25, 0.3) is 10.9 Å². The number of nitrogens with one attached hydrogen (secondary N) is 1. The van der Waals surface area contributed by atoms with Gasteiger partial charge in [0, 0.05) is 0 Å². The number of aromatic nitrogens is 2. The minimum absolute atomic E-state index is 0.285. The van der Waals surface area contributed by atoms with Gasteiger partial charge >= 0.3 is 0 Å². The zero-order valence-electron chi connectivity index (χ0n) is 8.49. The number of H-pyrrole nitrogens is 1. The molecule has 2 aromatic rings. The third kappa shape index (κ3) is 1.68. The van der Waals surface area contributed by atoms with Crippen molar-refractivity contribution in [2.75, 3.05) is 13.2 Å². The summed E-state index contributed by atoms with van der Waals surface area (Å²) >= 11 is 0. The number of nitrogens with zero attached hydrogens (tertiary/aromatic N) is 1. The van der Waals surface area contributed by atoms with E-state index in [0.29, 0.717) is 6.61 Å². The standard InChI is InChI=1S/C11H12N2O2/c1-7-2-10-9(4-12-13-10)11(3-7)15-6-8-5-14-8/h2-4,8H,5-6H2,1H3,(H,12,13). The molecular formula is C11H12N2O2. The predicted molar refractivity (Wildman–Crippen MR) is 56.1 cm³/mol. The molecule has 1 N–H and O–H groups in total. The number of benzene rings is 1. The molecular weight excluding hydrogens is 192 g/mol. The highest BCUT2D eigenvalue weighted by atomic mass is 16.6. The van der Waals surface area contributed by atoms with Gasteiger partial charge in [0.1, 0.15) is 18.5 Å². The molecule has 1 atom stereocenters. The fraction of sp³-hybridized carbons (Fsp3) is 0.364. The number of hydrogen-bond donors (Lipinski definition) is 1. The summed E-state index contributed by atoms with van der Waals surface area (Å²) in [7, 11) is 0. The van der Waals surface area contributed by atoms with Crippen LogP contribution in [0.1, 0.15) is 5.56 Å². The monoisotopic (exact) mass is 204 g/mol. The highest BCUT2D eigenvalue weighted by molar-refractivity contribution is 5.85. The van der Waals surface area contributed by atoms with Gasteiger partial charge in [0.05, 0.1) is 23.7 Å². The topological polar surface area (TPSA) is 50.4 Å². The number of aromatic amines is 1. The average molecular weight is 204 g/mol. The van der Waals surface area contributed by atoms with E-state index in [9.17, 15) is 0 Å². The summed E-state index contributed by atoms with van der Waals surface area (Å²) in [4.78, 5) is 0. The molecule has 1 aromatic carbocycles. The van der Waals surface area contributed by atoms with Gasteiger partial charge in [-0.05, 0) is 24.6 Å². The normalized spacial score (nSPS) is 19.4. The molecule has 1 unspecified atom stereocenters. The molecule has 78 valence electrons. The van der Waals surface area contributed by atoms with Crippen molar-refractivity contribution in [2.24, 2.45) is 0 Å². The molecule has 15 heavy (non-hydrogen) atoms. The molecule has 0 aliphatic carbocycles. The van der Waals surface area contributed by atoms with Crippen LogP contribution in [-0.2, 0) is 4.74 Å². The van der Waals surface area contributed by atoms with Crippen molar-refractivity contribution in [1.29, 1.82) is 0 Å². The molecule has 1 aliphatic heterocycles. The van der Waals surface area contributed by atoms with E-state index in [1.165, 1.54) is 5.56 Å². The number of ether oxygens (including phenoxy) is 2. The van der Waals surface area contributed by atoms with E-state index in [4.69, 9.17) is 9.47 Å². The molecule has 1 aromatic heterocycles. The van der Waals surface area contributed by atoms with Gasteiger partial charge in [0.25, 0.3) is 0 Å². The SMILES string of the molecule is Cc1cc(OCC2CO2)c2cn[nH]c2c1. The van der Waals surface area contributed by atoms with E-state index >= 15 is 0 Å². The largest absolute Gasteiger partial charge is 0.490 e. The highest BCUT2D eigenvalue weighted by Gasteiger charge is 2.23. The molecule has 4 nitrogen and oxygen atoms in total.